The number of H-pyrrole nitrogens is 1. The molecule has 1 aromatic heterocycles. The van der Waals surface area contributed by atoms with Gasteiger partial charge in [0.2, 0.25) is 0 Å². The molecule has 0 saturated carbocycles. The first-order valence-electron chi connectivity index (χ1n) is 7.74. The quantitative estimate of drug-likeness (QED) is 0.721. The van der Waals surface area contributed by atoms with Gasteiger partial charge in [0.15, 0.2) is 0 Å². The van der Waals surface area contributed by atoms with Crippen molar-refractivity contribution in [3.8, 4) is 0 Å². The summed E-state index contributed by atoms with van der Waals surface area (Å²) < 4.78 is 0. The lowest BCUT2D eigenvalue weighted by Gasteiger charge is -2.40. The number of aryl methyl sites for hydroxylation is 1. The summed E-state index contributed by atoms with van der Waals surface area (Å²) in [5, 5.41) is 1.46. The number of nitrogens with one attached hydrogen (secondary N) is 2. The highest BCUT2D eigenvalue weighted by atomic mass is 15.2. The van der Waals surface area contributed by atoms with Crippen LogP contribution in [0.15, 0.2) is 24.3 Å². The van der Waals surface area contributed by atoms with Crippen molar-refractivity contribution in [2.24, 2.45) is 0 Å². The van der Waals surface area contributed by atoms with Crippen molar-refractivity contribution in [3.63, 3.8) is 0 Å². The van der Waals surface area contributed by atoms with Crippen LogP contribution >= 0.6 is 0 Å². The summed E-state index contributed by atoms with van der Waals surface area (Å²) in [5.41, 5.74) is 4.81. The zero-order valence-electron chi connectivity index (χ0n) is 11.8. The average Bonchev–Trinajstić information content (AvgIpc) is 2.74. The largest absolute Gasteiger partial charge is 0.353 e. The molecule has 2 atom stereocenters. The summed E-state index contributed by atoms with van der Waals surface area (Å²) in [7, 11) is 0. The smallest absolute Gasteiger partial charge is 0.136 e. The fourth-order valence-corrected chi connectivity index (χ4v) is 4.38. The number of hydrogen-bond acceptors (Lipinski definition) is 0. The summed E-state index contributed by atoms with van der Waals surface area (Å²) in [4.78, 5) is 5.58. The van der Waals surface area contributed by atoms with Crippen LogP contribution in [0.5, 0.6) is 0 Å². The average molecular weight is 255 g/mol. The van der Waals surface area contributed by atoms with Crippen molar-refractivity contribution in [1.82, 2.24) is 4.98 Å². The minimum absolute atomic E-state index is 0.323. The van der Waals surface area contributed by atoms with Gasteiger partial charge in [-0.15, -0.1) is 0 Å². The summed E-state index contributed by atoms with van der Waals surface area (Å²) in [6.07, 6.45) is 6.70. The lowest BCUT2D eigenvalue weighted by atomic mass is 9.84. The fraction of sp³-hybridized carbons (Fsp3) is 0.529. The molecule has 1 fully saturated rings. The molecule has 100 valence electrons. The maximum absolute atomic E-state index is 3.77. The van der Waals surface area contributed by atoms with Crippen molar-refractivity contribution >= 4 is 10.9 Å². The van der Waals surface area contributed by atoms with E-state index in [2.05, 4.69) is 36.2 Å². The van der Waals surface area contributed by atoms with Crippen LogP contribution in [0.25, 0.3) is 10.9 Å². The van der Waals surface area contributed by atoms with E-state index < -0.39 is 0 Å². The van der Waals surface area contributed by atoms with Crippen LogP contribution in [-0.4, -0.2) is 18.1 Å². The predicted molar refractivity (Wildman–Crippen MR) is 78.5 cm³/mol. The Hall–Kier alpha value is -1.28. The van der Waals surface area contributed by atoms with E-state index in [1.54, 1.807) is 11.3 Å². The van der Waals surface area contributed by atoms with E-state index in [9.17, 15) is 0 Å². The van der Waals surface area contributed by atoms with Crippen molar-refractivity contribution in [2.75, 3.05) is 13.1 Å². The highest BCUT2D eigenvalue weighted by Crippen LogP contribution is 2.35. The minimum atomic E-state index is 0.323. The predicted octanol–water partition coefficient (Wildman–Crippen LogP) is 2.40. The number of aromatic nitrogens is 1. The number of rotatable bonds is 0. The monoisotopic (exact) mass is 255 g/mol. The molecule has 2 N–H and O–H groups in total. The second-order valence-corrected chi connectivity index (χ2v) is 6.52. The van der Waals surface area contributed by atoms with E-state index in [0.717, 1.165) is 0 Å². The third kappa shape index (κ3) is 1.59. The Morgan fingerprint density at radius 2 is 1.95 bits per heavy atom. The summed E-state index contributed by atoms with van der Waals surface area (Å²) in [6, 6.07) is 8.85. The second kappa shape index (κ2) is 4.11. The van der Waals surface area contributed by atoms with Gasteiger partial charge in [0.1, 0.15) is 5.54 Å². The number of piperidine rings is 1. The lowest BCUT2D eigenvalue weighted by molar-refractivity contribution is -0.964. The second-order valence-electron chi connectivity index (χ2n) is 6.52. The van der Waals surface area contributed by atoms with Crippen molar-refractivity contribution in [3.05, 3.63) is 35.5 Å². The summed E-state index contributed by atoms with van der Waals surface area (Å²) in [6.45, 7) is 5.18. The molecule has 2 aliphatic heterocycles. The van der Waals surface area contributed by atoms with Gasteiger partial charge in [-0.2, -0.15) is 0 Å². The van der Waals surface area contributed by atoms with E-state index in [0.29, 0.717) is 5.54 Å². The van der Waals surface area contributed by atoms with Crippen LogP contribution < -0.4 is 4.90 Å². The molecule has 4 rings (SSSR count). The molecular formula is C17H23N2+. The van der Waals surface area contributed by atoms with E-state index >= 15 is 0 Å². The topological polar surface area (TPSA) is 20.2 Å². The molecular weight excluding hydrogens is 232 g/mol. The van der Waals surface area contributed by atoms with Gasteiger partial charge < -0.3 is 9.88 Å². The van der Waals surface area contributed by atoms with Crippen molar-refractivity contribution in [1.29, 1.82) is 0 Å². The number of para-hydroxylation sites is 1. The standard InChI is InChI=1S/C17H22N2/c1-17-10-4-5-11-19(17)12-6-8-14-13-7-2-3-9-15(13)18-16(14)17/h2-3,7,9,18H,4-6,8,10-12H2,1H3/p+1/t17-/m1/s1. The Labute approximate surface area is 114 Å². The van der Waals surface area contributed by atoms with Crippen molar-refractivity contribution < 1.29 is 4.90 Å². The molecule has 0 amide bonds. The molecule has 2 aromatic rings. The van der Waals surface area contributed by atoms with E-state index in [1.165, 1.54) is 56.1 Å². The first-order chi connectivity index (χ1) is 9.29. The number of aromatic amines is 1. The van der Waals surface area contributed by atoms with Crippen LogP contribution in [0, 0.1) is 0 Å². The van der Waals surface area contributed by atoms with Gasteiger partial charge in [0.05, 0.1) is 18.8 Å². The zero-order valence-corrected chi connectivity index (χ0v) is 11.8. The highest BCUT2D eigenvalue weighted by Gasteiger charge is 2.44. The van der Waals surface area contributed by atoms with Gasteiger partial charge in [0.25, 0.3) is 0 Å². The molecule has 2 heteroatoms. The van der Waals surface area contributed by atoms with Crippen molar-refractivity contribution in [2.45, 2.75) is 44.6 Å². The fourth-order valence-electron chi connectivity index (χ4n) is 4.38. The third-order valence-electron chi connectivity index (χ3n) is 5.46. The molecule has 0 aliphatic carbocycles. The van der Waals surface area contributed by atoms with Crippen LogP contribution in [0.3, 0.4) is 0 Å². The Morgan fingerprint density at radius 1 is 1.11 bits per heavy atom. The molecule has 3 heterocycles. The number of fused-ring (bicyclic) bond motifs is 5. The maximum Gasteiger partial charge on any atom is 0.136 e. The van der Waals surface area contributed by atoms with Gasteiger partial charge in [0, 0.05) is 23.7 Å². The molecule has 2 nitrogen and oxygen atoms in total. The first-order valence-corrected chi connectivity index (χ1v) is 7.74. The molecule has 1 unspecified atom stereocenters. The lowest BCUT2D eigenvalue weighted by Crippen LogP contribution is -3.19. The van der Waals surface area contributed by atoms with Gasteiger partial charge in [-0.3, -0.25) is 0 Å². The van der Waals surface area contributed by atoms with Crippen LogP contribution in [0.1, 0.15) is 43.9 Å². The Bertz CT molecular complexity index is 613. The van der Waals surface area contributed by atoms with E-state index in [4.69, 9.17) is 0 Å². The highest BCUT2D eigenvalue weighted by molar-refractivity contribution is 5.85. The molecule has 1 aromatic carbocycles. The minimum Gasteiger partial charge on any atom is -0.353 e. The first kappa shape index (κ1) is 11.5. The number of quaternary nitrogens is 1. The van der Waals surface area contributed by atoms with E-state index in [-0.39, 0.29) is 0 Å². The Kier molecular flexibility index (Phi) is 2.49. The van der Waals surface area contributed by atoms with Gasteiger partial charge >= 0.3 is 0 Å². The normalized spacial score (nSPS) is 30.7. The van der Waals surface area contributed by atoms with Crippen LogP contribution in [0.2, 0.25) is 0 Å². The van der Waals surface area contributed by atoms with Gasteiger partial charge in [-0.05, 0) is 37.8 Å². The Morgan fingerprint density at radius 3 is 2.89 bits per heavy atom. The number of benzene rings is 1. The van der Waals surface area contributed by atoms with E-state index in [1.807, 2.05) is 4.90 Å². The van der Waals surface area contributed by atoms with Crippen LogP contribution in [0.4, 0.5) is 0 Å². The molecule has 19 heavy (non-hydrogen) atoms. The number of hydrogen-bond donors (Lipinski definition) is 2. The molecule has 0 bridgehead atoms. The Balaban J connectivity index is 1.95. The summed E-state index contributed by atoms with van der Waals surface area (Å²) in [5.74, 6) is 0. The third-order valence-corrected chi connectivity index (χ3v) is 5.46. The summed E-state index contributed by atoms with van der Waals surface area (Å²) >= 11 is 0. The molecule has 0 radical (unpaired) electrons. The molecule has 2 aliphatic rings. The van der Waals surface area contributed by atoms with Crippen LogP contribution in [-0.2, 0) is 12.0 Å². The zero-order chi connectivity index (χ0) is 12.9. The van der Waals surface area contributed by atoms with Gasteiger partial charge in [-0.1, -0.05) is 18.2 Å². The molecule has 1 saturated heterocycles. The van der Waals surface area contributed by atoms with Gasteiger partial charge in [-0.25, -0.2) is 0 Å². The maximum atomic E-state index is 3.77. The molecule has 0 spiro atoms. The SMILES string of the molecule is C[C@]12CCCC[NH+]1CCCc1c2[nH]c2ccccc12.